The van der Waals surface area contributed by atoms with E-state index in [9.17, 15) is 18.8 Å². The molecule has 37 heavy (non-hydrogen) atoms. The third-order valence-corrected chi connectivity index (χ3v) is 8.11. The van der Waals surface area contributed by atoms with Crippen LogP contribution in [0.15, 0.2) is 24.3 Å². The summed E-state index contributed by atoms with van der Waals surface area (Å²) in [5.41, 5.74) is 3.40. The minimum absolute atomic E-state index is 0.0129. The molecule has 2 aromatic carbocycles. The molecule has 2 saturated heterocycles. The molecule has 4 heterocycles. The van der Waals surface area contributed by atoms with Crippen molar-refractivity contribution < 1.29 is 27.9 Å². The quantitative estimate of drug-likeness (QED) is 0.639. The Hall–Kier alpha value is -3.33. The van der Waals surface area contributed by atoms with Crippen LogP contribution in [0, 0.1) is 11.6 Å². The van der Waals surface area contributed by atoms with Crippen LogP contribution in [0.3, 0.4) is 0 Å². The number of piperidine rings is 2. The maximum atomic E-state index is 15.2. The minimum Gasteiger partial charge on any atom is -0.493 e. The highest BCUT2D eigenvalue weighted by Gasteiger charge is 2.40. The van der Waals surface area contributed by atoms with Gasteiger partial charge >= 0.3 is 0 Å². The normalized spacial score (nSPS) is 22.5. The zero-order chi connectivity index (χ0) is 25.7. The Morgan fingerprint density at radius 3 is 2.57 bits per heavy atom. The molecule has 9 heteroatoms. The largest absolute Gasteiger partial charge is 0.493 e. The van der Waals surface area contributed by atoms with E-state index in [1.807, 2.05) is 0 Å². The predicted octanol–water partition coefficient (Wildman–Crippen LogP) is 3.43. The van der Waals surface area contributed by atoms with Gasteiger partial charge in [-0.05, 0) is 86.0 Å². The first kappa shape index (κ1) is 24.0. The molecule has 4 aliphatic rings. The summed E-state index contributed by atoms with van der Waals surface area (Å²) in [5, 5.41) is 2.29. The lowest BCUT2D eigenvalue weighted by Gasteiger charge is -2.33. The second-order valence-corrected chi connectivity index (χ2v) is 10.5. The summed E-state index contributed by atoms with van der Waals surface area (Å²) in [5.74, 6) is -1.00. The van der Waals surface area contributed by atoms with Crippen LogP contribution in [0.25, 0.3) is 0 Å². The lowest BCUT2D eigenvalue weighted by molar-refractivity contribution is -0.136. The van der Waals surface area contributed by atoms with Crippen molar-refractivity contribution in [3.63, 3.8) is 0 Å². The number of ether oxygens (including phenoxy) is 1. The number of imide groups is 1. The first-order valence-electron chi connectivity index (χ1n) is 13.0. The number of hydrogen-bond donors (Lipinski definition) is 1. The minimum atomic E-state index is -0.718. The number of carbonyl (C=O) groups excluding carboxylic acids is 3. The predicted molar refractivity (Wildman–Crippen MR) is 130 cm³/mol. The van der Waals surface area contributed by atoms with Crippen molar-refractivity contribution in [2.45, 2.75) is 63.6 Å². The van der Waals surface area contributed by atoms with Crippen molar-refractivity contribution >= 4 is 17.7 Å². The fourth-order valence-electron chi connectivity index (χ4n) is 6.20. The summed E-state index contributed by atoms with van der Waals surface area (Å²) in [7, 11) is 0. The number of likely N-dealkylation sites (tertiary alicyclic amines) is 1. The van der Waals surface area contributed by atoms with Gasteiger partial charge in [-0.15, -0.1) is 0 Å². The molecule has 2 aromatic rings. The van der Waals surface area contributed by atoms with Gasteiger partial charge in [0.15, 0.2) is 0 Å². The van der Waals surface area contributed by atoms with Crippen LogP contribution in [0.1, 0.15) is 70.6 Å². The highest BCUT2D eigenvalue weighted by molar-refractivity contribution is 6.05. The SMILES string of the molecule is O=C1CCC(N2Cc3cc(C4CCN(Cc5cc(F)cc6c5OCCC6)CC4)c(F)cc3C2=O)C(=O)N1. The average Bonchev–Trinajstić information content (AvgIpc) is 3.19. The maximum absolute atomic E-state index is 15.2. The van der Waals surface area contributed by atoms with Crippen molar-refractivity contribution in [1.82, 2.24) is 15.1 Å². The lowest BCUT2D eigenvalue weighted by atomic mass is 9.87. The van der Waals surface area contributed by atoms with Gasteiger partial charge in [-0.2, -0.15) is 0 Å². The molecule has 0 aromatic heterocycles. The average molecular weight is 510 g/mol. The van der Waals surface area contributed by atoms with Crippen molar-refractivity contribution in [3.8, 4) is 5.75 Å². The molecule has 7 nitrogen and oxygen atoms in total. The van der Waals surface area contributed by atoms with Crippen LogP contribution in [0.5, 0.6) is 5.75 Å². The Bertz CT molecular complexity index is 1290. The van der Waals surface area contributed by atoms with Gasteiger partial charge in [0.1, 0.15) is 23.4 Å². The summed E-state index contributed by atoms with van der Waals surface area (Å²) >= 11 is 0. The van der Waals surface area contributed by atoms with Gasteiger partial charge in [0.2, 0.25) is 11.8 Å². The van der Waals surface area contributed by atoms with Crippen LogP contribution in [0.4, 0.5) is 8.78 Å². The van der Waals surface area contributed by atoms with E-state index in [1.54, 1.807) is 18.2 Å². The van der Waals surface area contributed by atoms with E-state index in [4.69, 9.17) is 4.74 Å². The fourth-order valence-corrected chi connectivity index (χ4v) is 6.20. The molecule has 4 aliphatic heterocycles. The van der Waals surface area contributed by atoms with Gasteiger partial charge in [-0.1, -0.05) is 6.07 Å². The number of rotatable bonds is 4. The van der Waals surface area contributed by atoms with Crippen LogP contribution in [0.2, 0.25) is 0 Å². The molecule has 1 atom stereocenters. The summed E-state index contributed by atoms with van der Waals surface area (Å²) < 4.78 is 35.2. The monoisotopic (exact) mass is 509 g/mol. The molecule has 3 amide bonds. The Balaban J connectivity index is 1.14. The molecule has 1 unspecified atom stereocenters. The Labute approximate surface area is 213 Å². The molecule has 0 aliphatic carbocycles. The van der Waals surface area contributed by atoms with Crippen molar-refractivity contribution in [3.05, 3.63) is 63.7 Å². The van der Waals surface area contributed by atoms with E-state index in [1.165, 1.54) is 11.0 Å². The fraction of sp³-hybridized carbons (Fsp3) is 0.464. The van der Waals surface area contributed by atoms with E-state index in [-0.39, 0.29) is 42.9 Å². The number of amides is 3. The molecule has 1 N–H and O–H groups in total. The van der Waals surface area contributed by atoms with E-state index in [0.29, 0.717) is 24.3 Å². The summed E-state index contributed by atoms with van der Waals surface area (Å²) in [6, 6.07) is 5.49. The number of aryl methyl sites for hydroxylation is 1. The van der Waals surface area contributed by atoms with E-state index in [2.05, 4.69) is 10.2 Å². The first-order valence-corrected chi connectivity index (χ1v) is 13.0. The van der Waals surface area contributed by atoms with Gasteiger partial charge in [0.25, 0.3) is 5.91 Å². The zero-order valence-electron chi connectivity index (χ0n) is 20.5. The second kappa shape index (κ2) is 9.52. The third kappa shape index (κ3) is 4.50. The van der Waals surface area contributed by atoms with Crippen LogP contribution < -0.4 is 10.1 Å². The smallest absolute Gasteiger partial charge is 0.255 e. The van der Waals surface area contributed by atoms with Crippen molar-refractivity contribution in [2.75, 3.05) is 19.7 Å². The van der Waals surface area contributed by atoms with E-state index < -0.39 is 17.8 Å². The molecule has 2 fully saturated rings. The number of nitrogens with one attached hydrogen (secondary N) is 1. The van der Waals surface area contributed by atoms with Gasteiger partial charge in [-0.25, -0.2) is 8.78 Å². The molecule has 0 bridgehead atoms. The summed E-state index contributed by atoms with van der Waals surface area (Å²) in [6.45, 7) is 2.96. The van der Waals surface area contributed by atoms with Gasteiger partial charge in [-0.3, -0.25) is 24.6 Å². The topological polar surface area (TPSA) is 79.0 Å². The Kier molecular flexibility index (Phi) is 6.18. The number of hydrogen-bond acceptors (Lipinski definition) is 5. The molecular weight excluding hydrogens is 480 g/mol. The molecule has 0 saturated carbocycles. The lowest BCUT2D eigenvalue weighted by Crippen LogP contribution is -2.52. The van der Waals surface area contributed by atoms with Crippen molar-refractivity contribution in [1.29, 1.82) is 0 Å². The van der Waals surface area contributed by atoms with Gasteiger partial charge in [0.05, 0.1) is 6.61 Å². The van der Waals surface area contributed by atoms with E-state index in [0.717, 1.165) is 61.2 Å². The molecular formula is C28H29F2N3O4. The Morgan fingerprint density at radius 1 is 0.973 bits per heavy atom. The van der Waals surface area contributed by atoms with Crippen LogP contribution in [-0.2, 0) is 29.1 Å². The molecule has 0 spiro atoms. The first-order chi connectivity index (χ1) is 17.9. The molecule has 194 valence electrons. The van der Waals surface area contributed by atoms with Crippen LogP contribution >= 0.6 is 0 Å². The number of benzene rings is 2. The molecule has 6 rings (SSSR count). The Morgan fingerprint density at radius 2 is 1.78 bits per heavy atom. The highest BCUT2D eigenvalue weighted by atomic mass is 19.1. The number of carbonyl (C=O) groups is 3. The van der Waals surface area contributed by atoms with Gasteiger partial charge in [0, 0.05) is 30.6 Å². The summed E-state index contributed by atoms with van der Waals surface area (Å²) in [4.78, 5) is 40.4. The standard InChI is InChI=1S/C28H29F2N3O4/c29-20-10-17-2-1-9-37-26(17)19(11-20)14-32-7-5-16(6-8-32)21-12-18-15-33(28(36)22(18)13-23(21)30)24-3-4-25(34)31-27(24)35/h10-13,16,24H,1-9,14-15H2,(H,31,34,35). The van der Waals surface area contributed by atoms with Crippen LogP contribution in [-0.4, -0.2) is 53.3 Å². The number of nitrogens with zero attached hydrogens (tertiary/aromatic N) is 2. The third-order valence-electron chi connectivity index (χ3n) is 8.11. The number of fused-ring (bicyclic) bond motifs is 2. The second-order valence-electron chi connectivity index (χ2n) is 10.5. The van der Waals surface area contributed by atoms with Gasteiger partial charge < -0.3 is 9.64 Å². The van der Waals surface area contributed by atoms with Crippen molar-refractivity contribution in [2.24, 2.45) is 0 Å². The highest BCUT2D eigenvalue weighted by Crippen LogP contribution is 2.37. The zero-order valence-corrected chi connectivity index (χ0v) is 20.5. The summed E-state index contributed by atoms with van der Waals surface area (Å²) in [6.07, 6.45) is 3.67. The number of halogens is 2. The van der Waals surface area contributed by atoms with E-state index >= 15 is 4.39 Å². The molecule has 0 radical (unpaired) electrons. The maximum Gasteiger partial charge on any atom is 0.255 e.